The third kappa shape index (κ3) is 4.92. The molecular formula is C24H27ClN2O4. The summed E-state index contributed by atoms with van der Waals surface area (Å²) in [6.07, 6.45) is 0.577. The van der Waals surface area contributed by atoms with Crippen molar-refractivity contribution < 1.29 is 19.1 Å². The molecule has 1 aliphatic heterocycles. The first kappa shape index (κ1) is 22.8. The number of nitrogens with zero attached hydrogens (tertiary/aromatic N) is 1. The first-order valence-electron chi connectivity index (χ1n) is 10.2. The standard InChI is InChI=1S/C24H27ClN2O4/c1-5-31-12-6-11-27-23(28)21(18-9-7-15(2)13-16(18)3)22(24(27)29)26-17-8-10-20(30-4)19(25)14-17/h7-10,13-14,26H,5-6,11-12H2,1-4H3. The topological polar surface area (TPSA) is 67.9 Å². The van der Waals surface area contributed by atoms with Crippen LogP contribution in [0.2, 0.25) is 5.02 Å². The van der Waals surface area contributed by atoms with E-state index in [2.05, 4.69) is 5.32 Å². The number of ether oxygens (including phenoxy) is 2. The number of carbonyl (C=O) groups is 2. The fourth-order valence-corrected chi connectivity index (χ4v) is 3.85. The molecule has 2 aromatic carbocycles. The van der Waals surface area contributed by atoms with E-state index in [1.165, 1.54) is 12.0 Å². The molecule has 7 heteroatoms. The van der Waals surface area contributed by atoms with Gasteiger partial charge in [-0.3, -0.25) is 14.5 Å². The van der Waals surface area contributed by atoms with Gasteiger partial charge >= 0.3 is 0 Å². The van der Waals surface area contributed by atoms with Gasteiger partial charge in [-0.25, -0.2) is 0 Å². The van der Waals surface area contributed by atoms with Gasteiger partial charge in [0.15, 0.2) is 0 Å². The Labute approximate surface area is 187 Å². The maximum atomic E-state index is 13.3. The molecule has 0 fully saturated rings. The van der Waals surface area contributed by atoms with E-state index in [0.717, 1.165) is 16.7 Å². The molecule has 1 heterocycles. The van der Waals surface area contributed by atoms with Gasteiger partial charge in [0.2, 0.25) is 0 Å². The minimum absolute atomic E-state index is 0.245. The Bertz CT molecular complexity index is 1030. The quantitative estimate of drug-likeness (QED) is 0.454. The van der Waals surface area contributed by atoms with Crippen LogP contribution in [0, 0.1) is 13.8 Å². The highest BCUT2D eigenvalue weighted by molar-refractivity contribution is 6.37. The Balaban J connectivity index is 1.99. The monoisotopic (exact) mass is 442 g/mol. The summed E-state index contributed by atoms with van der Waals surface area (Å²) < 4.78 is 10.6. The van der Waals surface area contributed by atoms with Crippen LogP contribution >= 0.6 is 11.6 Å². The van der Waals surface area contributed by atoms with E-state index in [9.17, 15) is 9.59 Å². The van der Waals surface area contributed by atoms with E-state index >= 15 is 0 Å². The Morgan fingerprint density at radius 1 is 1.06 bits per heavy atom. The zero-order valence-corrected chi connectivity index (χ0v) is 19.0. The molecule has 0 aromatic heterocycles. The molecule has 6 nitrogen and oxygen atoms in total. The number of halogens is 1. The molecule has 0 unspecified atom stereocenters. The molecule has 164 valence electrons. The SMILES string of the molecule is CCOCCCN1C(=O)C(Nc2ccc(OC)c(Cl)c2)=C(c2ccc(C)cc2C)C1=O. The molecule has 0 aliphatic carbocycles. The van der Waals surface area contributed by atoms with Gasteiger partial charge in [-0.15, -0.1) is 0 Å². The molecule has 0 bridgehead atoms. The third-order valence-corrected chi connectivity index (χ3v) is 5.41. The van der Waals surface area contributed by atoms with E-state index in [-0.39, 0.29) is 17.5 Å². The van der Waals surface area contributed by atoms with Crippen molar-refractivity contribution in [1.29, 1.82) is 0 Å². The number of methoxy groups -OCH3 is 1. The Kier molecular flexibility index (Phi) is 7.36. The number of rotatable bonds is 9. The minimum atomic E-state index is -0.358. The van der Waals surface area contributed by atoms with Crippen LogP contribution < -0.4 is 10.1 Å². The minimum Gasteiger partial charge on any atom is -0.495 e. The third-order valence-electron chi connectivity index (χ3n) is 5.11. The highest BCUT2D eigenvalue weighted by Gasteiger charge is 2.39. The fraction of sp³-hybridized carbons (Fsp3) is 0.333. The fourth-order valence-electron chi connectivity index (χ4n) is 3.60. The van der Waals surface area contributed by atoms with Gasteiger partial charge in [0.1, 0.15) is 11.4 Å². The van der Waals surface area contributed by atoms with Gasteiger partial charge in [0.05, 0.1) is 17.7 Å². The van der Waals surface area contributed by atoms with Crippen LogP contribution in [0.1, 0.15) is 30.0 Å². The van der Waals surface area contributed by atoms with Crippen molar-refractivity contribution in [2.24, 2.45) is 0 Å². The van der Waals surface area contributed by atoms with Gasteiger partial charge in [0.25, 0.3) is 11.8 Å². The number of amides is 2. The molecule has 0 saturated heterocycles. The average molecular weight is 443 g/mol. The molecular weight excluding hydrogens is 416 g/mol. The highest BCUT2D eigenvalue weighted by Crippen LogP contribution is 2.34. The number of hydrogen-bond donors (Lipinski definition) is 1. The largest absolute Gasteiger partial charge is 0.495 e. The summed E-state index contributed by atoms with van der Waals surface area (Å²) in [6, 6.07) is 11.0. The summed E-state index contributed by atoms with van der Waals surface area (Å²) in [5, 5.41) is 3.54. The molecule has 0 radical (unpaired) electrons. The molecule has 0 atom stereocenters. The maximum absolute atomic E-state index is 13.3. The highest BCUT2D eigenvalue weighted by atomic mass is 35.5. The van der Waals surface area contributed by atoms with Crippen LogP contribution in [-0.2, 0) is 14.3 Å². The summed E-state index contributed by atoms with van der Waals surface area (Å²) >= 11 is 6.25. The lowest BCUT2D eigenvalue weighted by Crippen LogP contribution is -2.34. The van der Waals surface area contributed by atoms with E-state index in [1.54, 1.807) is 18.2 Å². The van der Waals surface area contributed by atoms with Crippen LogP contribution in [0.5, 0.6) is 5.75 Å². The van der Waals surface area contributed by atoms with Crippen LogP contribution in [-0.4, -0.2) is 43.6 Å². The summed E-state index contributed by atoms with van der Waals surface area (Å²) in [6.45, 7) is 7.22. The Hall–Kier alpha value is -2.83. The zero-order chi connectivity index (χ0) is 22.5. The average Bonchev–Trinajstić information content (AvgIpc) is 2.95. The van der Waals surface area contributed by atoms with Crippen LogP contribution in [0.4, 0.5) is 5.69 Å². The predicted molar refractivity (Wildman–Crippen MR) is 122 cm³/mol. The lowest BCUT2D eigenvalue weighted by molar-refractivity contribution is -0.137. The van der Waals surface area contributed by atoms with Crippen LogP contribution in [0.15, 0.2) is 42.1 Å². The summed E-state index contributed by atoms with van der Waals surface area (Å²) in [5.41, 5.74) is 3.96. The second-order valence-electron chi connectivity index (χ2n) is 7.36. The molecule has 2 amide bonds. The Morgan fingerprint density at radius 2 is 1.84 bits per heavy atom. The van der Waals surface area contributed by atoms with Crippen LogP contribution in [0.25, 0.3) is 5.57 Å². The van der Waals surface area contributed by atoms with E-state index in [4.69, 9.17) is 21.1 Å². The molecule has 1 aliphatic rings. The van der Waals surface area contributed by atoms with Gasteiger partial charge in [-0.1, -0.05) is 35.4 Å². The second kappa shape index (κ2) is 9.98. The molecule has 1 N–H and O–H groups in total. The lowest BCUT2D eigenvalue weighted by atomic mass is 9.97. The van der Waals surface area contributed by atoms with Crippen LogP contribution in [0.3, 0.4) is 0 Å². The number of nitrogens with one attached hydrogen (secondary N) is 1. The van der Waals surface area contributed by atoms with E-state index in [0.29, 0.717) is 48.2 Å². The van der Waals surface area contributed by atoms with Gasteiger partial charge < -0.3 is 14.8 Å². The predicted octanol–water partition coefficient (Wildman–Crippen LogP) is 4.58. The van der Waals surface area contributed by atoms with Crippen molar-refractivity contribution in [3.63, 3.8) is 0 Å². The van der Waals surface area contributed by atoms with Crippen molar-refractivity contribution in [3.05, 3.63) is 63.8 Å². The first-order chi connectivity index (χ1) is 14.9. The molecule has 0 spiro atoms. The van der Waals surface area contributed by atoms with Crippen molar-refractivity contribution in [2.75, 3.05) is 32.2 Å². The maximum Gasteiger partial charge on any atom is 0.278 e. The van der Waals surface area contributed by atoms with Gasteiger partial charge in [-0.2, -0.15) is 0 Å². The molecule has 31 heavy (non-hydrogen) atoms. The number of aryl methyl sites for hydroxylation is 2. The number of hydrogen-bond acceptors (Lipinski definition) is 5. The smallest absolute Gasteiger partial charge is 0.278 e. The number of carbonyl (C=O) groups excluding carboxylic acids is 2. The number of benzene rings is 2. The Morgan fingerprint density at radius 3 is 2.48 bits per heavy atom. The van der Waals surface area contributed by atoms with Crippen molar-refractivity contribution in [2.45, 2.75) is 27.2 Å². The molecule has 3 rings (SSSR count). The van der Waals surface area contributed by atoms with Crippen molar-refractivity contribution >= 4 is 34.7 Å². The molecule has 0 saturated carbocycles. The van der Waals surface area contributed by atoms with Crippen molar-refractivity contribution in [3.8, 4) is 5.75 Å². The lowest BCUT2D eigenvalue weighted by Gasteiger charge is -2.15. The zero-order valence-electron chi connectivity index (χ0n) is 18.3. The summed E-state index contributed by atoms with van der Waals surface area (Å²) in [7, 11) is 1.54. The first-order valence-corrected chi connectivity index (χ1v) is 10.6. The van der Waals surface area contributed by atoms with E-state index in [1.807, 2.05) is 39.0 Å². The normalized spacial score (nSPS) is 13.9. The summed E-state index contributed by atoms with van der Waals surface area (Å²) in [4.78, 5) is 27.8. The number of imide groups is 1. The van der Waals surface area contributed by atoms with Crippen molar-refractivity contribution in [1.82, 2.24) is 4.90 Å². The number of anilines is 1. The molecule has 2 aromatic rings. The summed E-state index contributed by atoms with van der Waals surface area (Å²) in [5.74, 6) is -0.138. The second-order valence-corrected chi connectivity index (χ2v) is 7.76. The van der Waals surface area contributed by atoms with E-state index < -0.39 is 0 Å². The van der Waals surface area contributed by atoms with Gasteiger partial charge in [0, 0.05) is 25.4 Å². The van der Waals surface area contributed by atoms with Gasteiger partial charge in [-0.05, 0) is 56.5 Å².